The molecule has 4 fully saturated rings. The first-order chi connectivity index (χ1) is 15.4. The summed E-state index contributed by atoms with van der Waals surface area (Å²) in [6, 6.07) is 2.73. The Labute approximate surface area is 185 Å². The zero-order valence-electron chi connectivity index (χ0n) is 18.0. The molecule has 1 aromatic rings. The number of ether oxygens (including phenoxy) is 3. The molecule has 0 radical (unpaired) electrons. The molecule has 1 N–H and O–H groups in total. The molecule has 4 bridgehead atoms. The average molecular weight is 444 g/mol. The number of nitrogens with one attached hydrogen (secondary N) is 1. The van der Waals surface area contributed by atoms with Crippen molar-refractivity contribution in [2.75, 3.05) is 13.3 Å². The lowest BCUT2D eigenvalue weighted by atomic mass is 9.49. The fourth-order valence-electron chi connectivity index (χ4n) is 6.78. The number of fused-ring (bicyclic) bond motifs is 1. The van der Waals surface area contributed by atoms with Crippen LogP contribution in [0.5, 0.6) is 5.75 Å². The average Bonchev–Trinajstić information content (AvgIpc) is 2.74. The first kappa shape index (κ1) is 21.2. The molecule has 0 spiro atoms. The summed E-state index contributed by atoms with van der Waals surface area (Å²) in [5.74, 6) is 2.07. The highest BCUT2D eigenvalue weighted by Crippen LogP contribution is 2.61. The van der Waals surface area contributed by atoms with Crippen LogP contribution in [0.25, 0.3) is 0 Å². The van der Waals surface area contributed by atoms with Crippen molar-refractivity contribution < 1.29 is 28.7 Å². The summed E-state index contributed by atoms with van der Waals surface area (Å²) >= 11 is 0. The van der Waals surface area contributed by atoms with Gasteiger partial charge in [0.05, 0.1) is 11.5 Å². The number of benzene rings is 1. The van der Waals surface area contributed by atoms with Gasteiger partial charge in [-0.05, 0) is 61.7 Å². The maximum absolute atomic E-state index is 12.6. The normalized spacial score (nSPS) is 29.7. The van der Waals surface area contributed by atoms with Gasteiger partial charge in [0.1, 0.15) is 18.9 Å². The topological polar surface area (TPSA) is 117 Å². The van der Waals surface area contributed by atoms with Gasteiger partial charge in [-0.15, -0.1) is 0 Å². The summed E-state index contributed by atoms with van der Waals surface area (Å²) in [6.07, 6.45) is 7.87. The molecule has 0 saturated heterocycles. The molecule has 9 heteroatoms. The molecule has 172 valence electrons. The van der Waals surface area contributed by atoms with Crippen LogP contribution < -0.4 is 10.1 Å². The number of nitrogens with zero attached hydrogens (tertiary/aromatic N) is 1. The summed E-state index contributed by atoms with van der Waals surface area (Å²) < 4.78 is 15.9. The van der Waals surface area contributed by atoms with E-state index < -0.39 is 10.9 Å². The van der Waals surface area contributed by atoms with Crippen LogP contribution in [0.15, 0.2) is 12.1 Å². The molecule has 4 saturated carbocycles. The third kappa shape index (κ3) is 4.30. The molecule has 1 amide bonds. The highest BCUT2D eigenvalue weighted by molar-refractivity contribution is 5.82. The second kappa shape index (κ2) is 8.35. The van der Waals surface area contributed by atoms with Crippen LogP contribution in [0, 0.1) is 33.3 Å². The number of non-ortho nitro benzene ring substituents is 1. The fraction of sp³-hybridized carbons (Fsp3) is 0.652. The summed E-state index contributed by atoms with van der Waals surface area (Å²) in [5.41, 5.74) is 0.948. The smallest absolute Gasteiger partial charge is 0.325 e. The third-order valence-electron chi connectivity index (χ3n) is 7.50. The Bertz CT molecular complexity index is 909. The van der Waals surface area contributed by atoms with E-state index in [0.717, 1.165) is 37.0 Å². The molecule has 1 heterocycles. The minimum Gasteiger partial charge on any atom is -0.467 e. The number of carbonyl (C=O) groups is 2. The SMILES string of the molecule is O=C(CC12CC3CC(CC(C3)C1)C2)NCC(=O)OCc1cc([N+](=O)[O-])cc2c1OCOC2. The van der Waals surface area contributed by atoms with Crippen molar-refractivity contribution in [3.05, 3.63) is 33.4 Å². The van der Waals surface area contributed by atoms with Crippen LogP contribution in [-0.4, -0.2) is 30.1 Å². The van der Waals surface area contributed by atoms with Crippen molar-refractivity contribution in [2.24, 2.45) is 23.2 Å². The lowest BCUT2D eigenvalue weighted by molar-refractivity contribution is -0.385. The highest BCUT2D eigenvalue weighted by atomic mass is 16.7. The van der Waals surface area contributed by atoms with E-state index in [1.807, 2.05) is 0 Å². The molecular weight excluding hydrogens is 416 g/mol. The van der Waals surface area contributed by atoms with Crippen molar-refractivity contribution in [1.82, 2.24) is 5.32 Å². The highest BCUT2D eigenvalue weighted by Gasteiger charge is 2.51. The number of nitro benzene ring substituents is 1. The largest absolute Gasteiger partial charge is 0.467 e. The summed E-state index contributed by atoms with van der Waals surface area (Å²) in [7, 11) is 0. The van der Waals surface area contributed by atoms with Crippen LogP contribution in [0.2, 0.25) is 0 Å². The number of esters is 1. The number of amides is 1. The fourth-order valence-corrected chi connectivity index (χ4v) is 6.78. The first-order valence-corrected chi connectivity index (χ1v) is 11.3. The standard InChI is InChI=1S/C23H28N2O7/c26-20(9-23-6-14-1-15(7-23)3-16(2-14)8-23)24-10-21(27)31-12-18-5-19(25(28)29)4-17-11-30-13-32-22(17)18/h4-5,14-16H,1-3,6-13H2,(H,24,26). The zero-order chi connectivity index (χ0) is 22.3. The number of rotatable bonds is 7. The predicted octanol–water partition coefficient (Wildman–Crippen LogP) is 3.23. The third-order valence-corrected chi connectivity index (χ3v) is 7.50. The van der Waals surface area contributed by atoms with Gasteiger partial charge in [-0.2, -0.15) is 0 Å². The van der Waals surface area contributed by atoms with E-state index in [0.29, 0.717) is 23.3 Å². The predicted molar refractivity (Wildman–Crippen MR) is 111 cm³/mol. The Morgan fingerprint density at radius 2 is 1.84 bits per heavy atom. The summed E-state index contributed by atoms with van der Waals surface area (Å²) in [5, 5.41) is 13.9. The van der Waals surface area contributed by atoms with Crippen molar-refractivity contribution >= 4 is 17.6 Å². The lowest BCUT2D eigenvalue weighted by Crippen LogP contribution is -2.48. The van der Waals surface area contributed by atoms with E-state index in [1.165, 1.54) is 31.4 Å². The Balaban J connectivity index is 1.14. The van der Waals surface area contributed by atoms with Gasteiger partial charge in [0.15, 0.2) is 6.79 Å². The molecule has 1 aromatic carbocycles. The van der Waals surface area contributed by atoms with Crippen LogP contribution in [0.1, 0.15) is 56.1 Å². The van der Waals surface area contributed by atoms with Gasteiger partial charge in [0, 0.05) is 29.7 Å². The second-order valence-corrected chi connectivity index (χ2v) is 9.99. The number of hydrogen-bond donors (Lipinski definition) is 1. The van der Waals surface area contributed by atoms with E-state index in [4.69, 9.17) is 14.2 Å². The molecule has 0 unspecified atom stereocenters. The van der Waals surface area contributed by atoms with Crippen molar-refractivity contribution in [3.8, 4) is 5.75 Å². The maximum atomic E-state index is 12.6. The molecule has 4 aliphatic carbocycles. The van der Waals surface area contributed by atoms with Gasteiger partial charge in [-0.3, -0.25) is 19.7 Å². The van der Waals surface area contributed by atoms with Crippen LogP contribution in [-0.2, 0) is 32.3 Å². The Hall–Kier alpha value is -2.68. The van der Waals surface area contributed by atoms with E-state index >= 15 is 0 Å². The lowest BCUT2D eigenvalue weighted by Gasteiger charge is -2.56. The van der Waals surface area contributed by atoms with Gasteiger partial charge < -0.3 is 19.5 Å². The zero-order valence-corrected chi connectivity index (χ0v) is 18.0. The summed E-state index contributed by atoms with van der Waals surface area (Å²) in [4.78, 5) is 35.5. The van der Waals surface area contributed by atoms with Crippen molar-refractivity contribution in [3.63, 3.8) is 0 Å². The monoisotopic (exact) mass is 444 g/mol. The molecule has 5 aliphatic rings. The van der Waals surface area contributed by atoms with E-state index in [-0.39, 0.29) is 43.6 Å². The quantitative estimate of drug-likeness (QED) is 0.390. The minimum atomic E-state index is -0.587. The van der Waals surface area contributed by atoms with E-state index in [9.17, 15) is 19.7 Å². The molecule has 6 rings (SSSR count). The van der Waals surface area contributed by atoms with Gasteiger partial charge in [-0.1, -0.05) is 0 Å². The van der Waals surface area contributed by atoms with Gasteiger partial charge in [0.2, 0.25) is 5.91 Å². The first-order valence-electron chi connectivity index (χ1n) is 11.3. The number of nitro groups is 1. The molecular formula is C23H28N2O7. The van der Waals surface area contributed by atoms with Gasteiger partial charge in [0.25, 0.3) is 5.69 Å². The van der Waals surface area contributed by atoms with E-state index in [2.05, 4.69) is 5.32 Å². The Kier molecular flexibility index (Phi) is 5.53. The van der Waals surface area contributed by atoms with Crippen molar-refractivity contribution in [2.45, 2.75) is 58.2 Å². The van der Waals surface area contributed by atoms with Gasteiger partial charge >= 0.3 is 5.97 Å². The summed E-state index contributed by atoms with van der Waals surface area (Å²) in [6.45, 7) is -0.162. The minimum absolute atomic E-state index is 0.0339. The van der Waals surface area contributed by atoms with Crippen LogP contribution in [0.4, 0.5) is 5.69 Å². The van der Waals surface area contributed by atoms with Crippen LogP contribution in [0.3, 0.4) is 0 Å². The molecule has 9 nitrogen and oxygen atoms in total. The maximum Gasteiger partial charge on any atom is 0.325 e. The van der Waals surface area contributed by atoms with E-state index in [1.54, 1.807) is 0 Å². The Morgan fingerprint density at radius 1 is 1.16 bits per heavy atom. The van der Waals surface area contributed by atoms with Crippen LogP contribution >= 0.6 is 0 Å². The molecule has 1 aliphatic heterocycles. The Morgan fingerprint density at radius 3 is 2.50 bits per heavy atom. The second-order valence-electron chi connectivity index (χ2n) is 9.99. The molecule has 0 atom stereocenters. The van der Waals surface area contributed by atoms with Crippen molar-refractivity contribution in [1.29, 1.82) is 0 Å². The number of carbonyl (C=O) groups excluding carboxylic acids is 2. The molecule has 32 heavy (non-hydrogen) atoms. The van der Waals surface area contributed by atoms with Gasteiger partial charge in [-0.25, -0.2) is 0 Å². The molecule has 0 aromatic heterocycles. The number of hydrogen-bond acceptors (Lipinski definition) is 7.